The molecule has 3 rings (SSSR count). The fraction of sp³-hybridized carbons (Fsp3) is 0.0769. The van der Waals surface area contributed by atoms with Crippen LogP contribution < -0.4 is 5.32 Å². The zero-order valence-corrected chi connectivity index (χ0v) is 11.7. The van der Waals surface area contributed by atoms with Gasteiger partial charge in [-0.1, -0.05) is 6.07 Å². The number of nitrogens with zero attached hydrogens (tertiary/aromatic N) is 5. The van der Waals surface area contributed by atoms with Crippen LogP contribution in [0.4, 0.5) is 16.0 Å². The highest BCUT2D eigenvalue weighted by Crippen LogP contribution is 2.18. The van der Waals surface area contributed by atoms with E-state index >= 15 is 0 Å². The first-order valence-corrected chi connectivity index (χ1v) is 6.44. The fourth-order valence-corrected chi connectivity index (χ4v) is 1.84. The summed E-state index contributed by atoms with van der Waals surface area (Å²) in [6.07, 6.45) is 3.28. The van der Waals surface area contributed by atoms with Crippen LogP contribution in [0.2, 0.25) is 5.28 Å². The summed E-state index contributed by atoms with van der Waals surface area (Å²) < 4.78 is 15.0. The molecule has 0 saturated carbocycles. The number of rotatable bonds is 3. The number of aromatic nitrogens is 5. The molecule has 0 aliphatic carbocycles. The van der Waals surface area contributed by atoms with E-state index in [1.807, 2.05) is 0 Å². The van der Waals surface area contributed by atoms with Crippen molar-refractivity contribution in [3.8, 4) is 5.95 Å². The minimum atomic E-state index is -0.313. The minimum absolute atomic E-state index is 0.0191. The first kappa shape index (κ1) is 13.4. The van der Waals surface area contributed by atoms with Crippen LogP contribution in [-0.2, 0) is 0 Å². The molecule has 0 aliphatic heterocycles. The van der Waals surface area contributed by atoms with Crippen LogP contribution in [0.25, 0.3) is 5.95 Å². The Hall–Kier alpha value is -2.54. The maximum absolute atomic E-state index is 13.5. The maximum atomic E-state index is 13.5. The third kappa shape index (κ3) is 2.97. The van der Waals surface area contributed by atoms with Gasteiger partial charge in [-0.15, -0.1) is 0 Å². The zero-order valence-electron chi connectivity index (χ0n) is 11.0. The van der Waals surface area contributed by atoms with Crippen molar-refractivity contribution in [2.45, 2.75) is 6.92 Å². The average molecular weight is 305 g/mol. The topological polar surface area (TPSA) is 68.5 Å². The highest BCUT2D eigenvalue weighted by Gasteiger charge is 2.08. The Bertz CT molecular complexity index is 774. The highest BCUT2D eigenvalue weighted by atomic mass is 35.5. The van der Waals surface area contributed by atoms with Crippen molar-refractivity contribution >= 4 is 23.2 Å². The van der Waals surface area contributed by atoms with Crippen molar-refractivity contribution in [3.05, 3.63) is 53.3 Å². The molecule has 6 nitrogen and oxygen atoms in total. The van der Waals surface area contributed by atoms with Crippen molar-refractivity contribution in [3.63, 3.8) is 0 Å². The van der Waals surface area contributed by atoms with Crippen LogP contribution >= 0.6 is 11.6 Å². The predicted molar refractivity (Wildman–Crippen MR) is 76.4 cm³/mol. The van der Waals surface area contributed by atoms with E-state index in [0.717, 1.165) is 0 Å². The van der Waals surface area contributed by atoms with Gasteiger partial charge < -0.3 is 5.32 Å². The smallest absolute Gasteiger partial charge is 0.256 e. The van der Waals surface area contributed by atoms with Crippen LogP contribution in [0.3, 0.4) is 0 Å². The SMILES string of the molecule is Cc1ccc(Nc2nc(Cl)nc(-n3cccn3)n2)cc1F. The van der Waals surface area contributed by atoms with Gasteiger partial charge in [0.15, 0.2) is 0 Å². The van der Waals surface area contributed by atoms with E-state index in [2.05, 4.69) is 25.4 Å². The predicted octanol–water partition coefficient (Wildman–Crippen LogP) is 2.90. The molecular weight excluding hydrogens is 295 g/mol. The monoisotopic (exact) mass is 304 g/mol. The van der Waals surface area contributed by atoms with Crippen LogP contribution in [0, 0.1) is 12.7 Å². The van der Waals surface area contributed by atoms with Crippen molar-refractivity contribution in [2.75, 3.05) is 5.32 Å². The van der Waals surface area contributed by atoms with Crippen LogP contribution in [-0.4, -0.2) is 24.7 Å². The Morgan fingerprint density at radius 1 is 1.24 bits per heavy atom. The number of hydrogen-bond acceptors (Lipinski definition) is 5. The quantitative estimate of drug-likeness (QED) is 0.806. The second kappa shape index (κ2) is 5.45. The average Bonchev–Trinajstić information content (AvgIpc) is 2.96. The molecule has 1 N–H and O–H groups in total. The summed E-state index contributed by atoms with van der Waals surface area (Å²) in [5, 5.41) is 6.93. The largest absolute Gasteiger partial charge is 0.324 e. The molecule has 3 aromatic rings. The number of aryl methyl sites for hydroxylation is 1. The first-order valence-electron chi connectivity index (χ1n) is 6.06. The highest BCUT2D eigenvalue weighted by molar-refractivity contribution is 6.28. The van der Waals surface area contributed by atoms with Gasteiger partial charge in [-0.05, 0) is 42.3 Å². The number of nitrogens with one attached hydrogen (secondary N) is 1. The Labute approximate surface area is 124 Å². The molecule has 0 atom stereocenters. The molecule has 8 heteroatoms. The molecular formula is C13H10ClFN6. The summed E-state index contributed by atoms with van der Waals surface area (Å²) in [5.74, 6) is 0.172. The number of anilines is 2. The lowest BCUT2D eigenvalue weighted by Crippen LogP contribution is -2.07. The van der Waals surface area contributed by atoms with Gasteiger partial charge in [0.05, 0.1) is 0 Å². The molecule has 1 aromatic carbocycles. The maximum Gasteiger partial charge on any atom is 0.256 e. The lowest BCUT2D eigenvalue weighted by Gasteiger charge is -2.07. The summed E-state index contributed by atoms with van der Waals surface area (Å²) in [4.78, 5) is 12.1. The van der Waals surface area contributed by atoms with Gasteiger partial charge in [0, 0.05) is 18.1 Å². The van der Waals surface area contributed by atoms with Gasteiger partial charge in [0.2, 0.25) is 11.2 Å². The molecule has 0 amide bonds. The number of benzene rings is 1. The minimum Gasteiger partial charge on any atom is -0.324 e. The third-order valence-corrected chi connectivity index (χ3v) is 2.90. The molecule has 0 aliphatic rings. The van der Waals surface area contributed by atoms with E-state index in [0.29, 0.717) is 11.3 Å². The molecule has 0 bridgehead atoms. The Balaban J connectivity index is 1.93. The van der Waals surface area contributed by atoms with Gasteiger partial charge in [0.25, 0.3) is 5.95 Å². The summed E-state index contributed by atoms with van der Waals surface area (Å²) in [7, 11) is 0. The molecule has 2 heterocycles. The normalized spacial score (nSPS) is 10.6. The summed E-state index contributed by atoms with van der Waals surface area (Å²) in [6.45, 7) is 1.69. The van der Waals surface area contributed by atoms with E-state index in [4.69, 9.17) is 11.6 Å². The third-order valence-electron chi connectivity index (χ3n) is 2.73. The summed E-state index contributed by atoms with van der Waals surface area (Å²) in [6, 6.07) is 6.49. The molecule has 106 valence electrons. The molecule has 2 aromatic heterocycles. The fourth-order valence-electron chi connectivity index (χ4n) is 1.68. The van der Waals surface area contributed by atoms with Crippen molar-refractivity contribution < 1.29 is 4.39 Å². The van der Waals surface area contributed by atoms with Gasteiger partial charge in [-0.3, -0.25) is 0 Å². The van der Waals surface area contributed by atoms with E-state index in [1.54, 1.807) is 37.5 Å². The number of hydrogen-bond donors (Lipinski definition) is 1. The standard InChI is InChI=1S/C13H10ClFN6/c1-8-3-4-9(7-10(8)15)17-12-18-11(14)19-13(20-12)21-6-2-5-16-21/h2-7H,1H3,(H,17,18,19,20). The van der Waals surface area contributed by atoms with E-state index in [-0.39, 0.29) is 23.0 Å². The van der Waals surface area contributed by atoms with Gasteiger partial charge in [-0.25, -0.2) is 9.07 Å². The van der Waals surface area contributed by atoms with Crippen LogP contribution in [0.5, 0.6) is 0 Å². The van der Waals surface area contributed by atoms with Gasteiger partial charge in [-0.2, -0.15) is 20.1 Å². The molecule has 0 saturated heterocycles. The van der Waals surface area contributed by atoms with Crippen LogP contribution in [0.15, 0.2) is 36.7 Å². The summed E-state index contributed by atoms with van der Waals surface area (Å²) >= 11 is 5.87. The van der Waals surface area contributed by atoms with Crippen LogP contribution in [0.1, 0.15) is 5.56 Å². The van der Waals surface area contributed by atoms with Crippen molar-refractivity contribution in [1.29, 1.82) is 0 Å². The summed E-state index contributed by atoms with van der Waals surface area (Å²) in [5.41, 5.74) is 1.08. The Kier molecular flexibility index (Phi) is 3.49. The van der Waals surface area contributed by atoms with Gasteiger partial charge >= 0.3 is 0 Å². The van der Waals surface area contributed by atoms with Crippen molar-refractivity contribution in [1.82, 2.24) is 24.7 Å². The van der Waals surface area contributed by atoms with E-state index in [1.165, 1.54) is 10.7 Å². The second-order valence-electron chi connectivity index (χ2n) is 4.27. The molecule has 0 unspecified atom stereocenters. The first-order chi connectivity index (χ1) is 10.1. The molecule has 0 radical (unpaired) electrons. The Morgan fingerprint density at radius 2 is 2.10 bits per heavy atom. The van der Waals surface area contributed by atoms with E-state index in [9.17, 15) is 4.39 Å². The molecule has 21 heavy (non-hydrogen) atoms. The zero-order chi connectivity index (χ0) is 14.8. The second-order valence-corrected chi connectivity index (χ2v) is 4.61. The van der Waals surface area contributed by atoms with Gasteiger partial charge in [0.1, 0.15) is 5.82 Å². The number of halogens is 2. The van der Waals surface area contributed by atoms with E-state index < -0.39 is 0 Å². The molecule has 0 fully saturated rings. The Morgan fingerprint density at radius 3 is 2.81 bits per heavy atom. The van der Waals surface area contributed by atoms with Crippen molar-refractivity contribution in [2.24, 2.45) is 0 Å². The molecule has 0 spiro atoms. The lowest BCUT2D eigenvalue weighted by molar-refractivity contribution is 0.619. The lowest BCUT2D eigenvalue weighted by atomic mass is 10.2.